The smallest absolute Gasteiger partial charge is 0.139 e. The zero-order valence-electron chi connectivity index (χ0n) is 6.39. The normalized spacial score (nSPS) is 37.2. The van der Waals surface area contributed by atoms with Gasteiger partial charge in [-0.25, -0.2) is 0 Å². The highest BCUT2D eigenvalue weighted by Crippen LogP contribution is 2.51. The van der Waals surface area contributed by atoms with Crippen LogP contribution in [-0.2, 0) is 9.59 Å². The molecule has 2 unspecified atom stereocenters. The van der Waals surface area contributed by atoms with Gasteiger partial charge in [0, 0.05) is 17.8 Å². The Balaban J connectivity index is 2.58. The third-order valence-corrected chi connectivity index (χ3v) is 2.42. The standard InChI is InChI=1S/C8H12O2/c1-3-7(10)8(2)4-6(8)5-9/h5-6H,3-4H2,1-2H3. The van der Waals surface area contributed by atoms with Gasteiger partial charge >= 0.3 is 0 Å². The summed E-state index contributed by atoms with van der Waals surface area (Å²) in [6.45, 7) is 3.71. The summed E-state index contributed by atoms with van der Waals surface area (Å²) in [5.41, 5.74) is -0.281. The molecule has 0 bridgehead atoms. The van der Waals surface area contributed by atoms with Gasteiger partial charge in [0.15, 0.2) is 0 Å². The molecule has 0 N–H and O–H groups in total. The lowest BCUT2D eigenvalue weighted by Gasteiger charge is -2.03. The van der Waals surface area contributed by atoms with E-state index in [2.05, 4.69) is 0 Å². The minimum Gasteiger partial charge on any atom is -0.303 e. The van der Waals surface area contributed by atoms with Gasteiger partial charge in [-0.2, -0.15) is 0 Å². The van der Waals surface area contributed by atoms with Gasteiger partial charge in [0.2, 0.25) is 0 Å². The van der Waals surface area contributed by atoms with Gasteiger partial charge < -0.3 is 4.79 Å². The van der Waals surface area contributed by atoms with Crippen molar-refractivity contribution in [2.75, 3.05) is 0 Å². The van der Waals surface area contributed by atoms with Crippen LogP contribution in [0.25, 0.3) is 0 Å². The molecule has 0 amide bonds. The van der Waals surface area contributed by atoms with Crippen molar-refractivity contribution in [3.8, 4) is 0 Å². The van der Waals surface area contributed by atoms with E-state index in [0.717, 1.165) is 12.7 Å². The van der Waals surface area contributed by atoms with E-state index >= 15 is 0 Å². The Labute approximate surface area is 60.6 Å². The summed E-state index contributed by atoms with van der Waals surface area (Å²) in [4.78, 5) is 21.4. The Hall–Kier alpha value is -0.660. The largest absolute Gasteiger partial charge is 0.303 e. The van der Waals surface area contributed by atoms with E-state index in [1.54, 1.807) is 0 Å². The van der Waals surface area contributed by atoms with Crippen LogP contribution in [0.2, 0.25) is 0 Å². The Kier molecular flexibility index (Phi) is 1.63. The third kappa shape index (κ3) is 0.877. The van der Waals surface area contributed by atoms with Gasteiger partial charge in [0.25, 0.3) is 0 Å². The molecule has 10 heavy (non-hydrogen) atoms. The van der Waals surface area contributed by atoms with Crippen LogP contribution in [0, 0.1) is 11.3 Å². The lowest BCUT2D eigenvalue weighted by atomic mass is 9.99. The summed E-state index contributed by atoms with van der Waals surface area (Å²) in [6, 6.07) is 0. The molecule has 0 radical (unpaired) electrons. The predicted molar refractivity (Wildman–Crippen MR) is 37.6 cm³/mol. The topological polar surface area (TPSA) is 34.1 Å². The van der Waals surface area contributed by atoms with Gasteiger partial charge in [0.05, 0.1) is 0 Å². The maximum absolute atomic E-state index is 11.1. The molecule has 0 aromatic heterocycles. The monoisotopic (exact) mass is 140 g/mol. The molecular formula is C8H12O2. The molecule has 2 nitrogen and oxygen atoms in total. The van der Waals surface area contributed by atoms with Gasteiger partial charge in [-0.15, -0.1) is 0 Å². The first-order valence-electron chi connectivity index (χ1n) is 3.63. The Morgan fingerprint density at radius 1 is 1.80 bits per heavy atom. The molecule has 0 heterocycles. The summed E-state index contributed by atoms with van der Waals surface area (Å²) in [6.07, 6.45) is 2.22. The summed E-state index contributed by atoms with van der Waals surface area (Å²) >= 11 is 0. The van der Waals surface area contributed by atoms with Crippen molar-refractivity contribution in [3.05, 3.63) is 0 Å². The average Bonchev–Trinajstić information content (AvgIpc) is 2.61. The molecule has 1 fully saturated rings. The first-order valence-corrected chi connectivity index (χ1v) is 3.63. The molecule has 1 saturated carbocycles. The number of carbonyl (C=O) groups is 2. The fourth-order valence-corrected chi connectivity index (χ4v) is 1.32. The van der Waals surface area contributed by atoms with Gasteiger partial charge in [-0.1, -0.05) is 13.8 Å². The summed E-state index contributed by atoms with van der Waals surface area (Å²) in [5, 5.41) is 0. The third-order valence-electron chi connectivity index (χ3n) is 2.42. The number of ketones is 1. The molecule has 1 rings (SSSR count). The van der Waals surface area contributed by atoms with Crippen molar-refractivity contribution in [1.82, 2.24) is 0 Å². The van der Waals surface area contributed by atoms with Crippen molar-refractivity contribution in [3.63, 3.8) is 0 Å². The van der Waals surface area contributed by atoms with E-state index in [1.807, 2.05) is 13.8 Å². The SMILES string of the molecule is CCC(=O)C1(C)CC1C=O. The van der Waals surface area contributed by atoms with E-state index in [9.17, 15) is 9.59 Å². The van der Waals surface area contributed by atoms with E-state index in [4.69, 9.17) is 0 Å². The molecule has 0 aromatic carbocycles. The Bertz CT molecular complexity index is 174. The molecule has 56 valence electrons. The van der Waals surface area contributed by atoms with Crippen LogP contribution in [0.5, 0.6) is 0 Å². The quantitative estimate of drug-likeness (QED) is 0.552. The van der Waals surface area contributed by atoms with Crippen LogP contribution in [0.15, 0.2) is 0 Å². The molecule has 0 spiro atoms. The van der Waals surface area contributed by atoms with Crippen LogP contribution < -0.4 is 0 Å². The maximum Gasteiger partial charge on any atom is 0.139 e. The van der Waals surface area contributed by atoms with Crippen molar-refractivity contribution in [2.24, 2.45) is 11.3 Å². The highest BCUT2D eigenvalue weighted by Gasteiger charge is 2.54. The second-order valence-electron chi connectivity index (χ2n) is 3.14. The zero-order chi connectivity index (χ0) is 7.78. The number of aldehydes is 1. The number of carbonyl (C=O) groups excluding carboxylic acids is 2. The fraction of sp³-hybridized carbons (Fsp3) is 0.750. The second kappa shape index (κ2) is 2.19. The average molecular weight is 140 g/mol. The van der Waals surface area contributed by atoms with Gasteiger partial charge in [-0.05, 0) is 6.42 Å². The lowest BCUT2D eigenvalue weighted by Crippen LogP contribution is -2.13. The Morgan fingerprint density at radius 2 is 2.40 bits per heavy atom. The molecular weight excluding hydrogens is 128 g/mol. The Morgan fingerprint density at radius 3 is 2.70 bits per heavy atom. The molecule has 0 aromatic rings. The van der Waals surface area contributed by atoms with E-state index in [0.29, 0.717) is 6.42 Å². The summed E-state index contributed by atoms with van der Waals surface area (Å²) < 4.78 is 0. The molecule has 1 aliphatic rings. The number of Topliss-reactive ketones (excluding diaryl/α,β-unsaturated/α-hetero) is 1. The molecule has 2 atom stereocenters. The molecule has 0 aliphatic heterocycles. The van der Waals surface area contributed by atoms with Crippen LogP contribution in [0.1, 0.15) is 26.7 Å². The van der Waals surface area contributed by atoms with Crippen molar-refractivity contribution >= 4 is 12.1 Å². The minimum absolute atomic E-state index is 0.0138. The number of hydrogen-bond donors (Lipinski definition) is 0. The first kappa shape index (κ1) is 7.45. The first-order chi connectivity index (χ1) is 4.65. The van der Waals surface area contributed by atoms with Gasteiger partial charge in [0.1, 0.15) is 12.1 Å². The molecule has 0 saturated heterocycles. The predicted octanol–water partition coefficient (Wildman–Crippen LogP) is 1.19. The van der Waals surface area contributed by atoms with Crippen LogP contribution in [0.3, 0.4) is 0 Å². The number of hydrogen-bond acceptors (Lipinski definition) is 2. The van der Waals surface area contributed by atoms with Crippen molar-refractivity contribution < 1.29 is 9.59 Å². The minimum atomic E-state index is -0.281. The van der Waals surface area contributed by atoms with Crippen molar-refractivity contribution in [2.45, 2.75) is 26.7 Å². The maximum atomic E-state index is 11.1. The highest BCUT2D eigenvalue weighted by molar-refractivity contribution is 5.91. The molecule has 1 aliphatic carbocycles. The summed E-state index contributed by atoms with van der Waals surface area (Å²) in [7, 11) is 0. The van der Waals surface area contributed by atoms with Gasteiger partial charge in [-0.3, -0.25) is 4.79 Å². The van der Waals surface area contributed by atoms with Crippen molar-refractivity contribution in [1.29, 1.82) is 0 Å². The highest BCUT2D eigenvalue weighted by atomic mass is 16.1. The fourth-order valence-electron chi connectivity index (χ4n) is 1.32. The number of rotatable bonds is 3. The van der Waals surface area contributed by atoms with Crippen LogP contribution in [-0.4, -0.2) is 12.1 Å². The van der Waals surface area contributed by atoms with E-state index in [-0.39, 0.29) is 17.1 Å². The van der Waals surface area contributed by atoms with E-state index in [1.165, 1.54) is 0 Å². The lowest BCUT2D eigenvalue weighted by molar-refractivity contribution is -0.125. The van der Waals surface area contributed by atoms with E-state index < -0.39 is 0 Å². The van der Waals surface area contributed by atoms with Crippen LogP contribution >= 0.6 is 0 Å². The second-order valence-corrected chi connectivity index (χ2v) is 3.14. The molecule has 2 heteroatoms. The van der Waals surface area contributed by atoms with Crippen LogP contribution in [0.4, 0.5) is 0 Å². The zero-order valence-corrected chi connectivity index (χ0v) is 6.39. The summed E-state index contributed by atoms with van der Waals surface area (Å²) in [5.74, 6) is 0.240.